The molecule has 1 unspecified atom stereocenters. The molecule has 0 radical (unpaired) electrons. The summed E-state index contributed by atoms with van der Waals surface area (Å²) in [5.74, 6) is -0.265. The Morgan fingerprint density at radius 3 is 2.92 bits per heavy atom. The molecule has 1 fully saturated rings. The van der Waals surface area contributed by atoms with E-state index in [1.807, 2.05) is 25.1 Å². The molecule has 3 rings (SSSR count). The first kappa shape index (κ1) is 17.0. The maximum absolute atomic E-state index is 13.0. The third-order valence-electron chi connectivity index (χ3n) is 4.41. The van der Waals surface area contributed by atoms with Crippen LogP contribution >= 0.6 is 15.9 Å². The third-order valence-corrected chi connectivity index (χ3v) is 4.91. The van der Waals surface area contributed by atoms with Crippen LogP contribution in [-0.4, -0.2) is 36.0 Å². The first-order valence-corrected chi connectivity index (χ1v) is 8.98. The zero-order valence-electron chi connectivity index (χ0n) is 13.8. The standard InChI is InChI=1S/C18H20BrNO4/c1-3-23-18(22)14-6-4-5-9-20(14)17(21)16-11(2)13-10-12(19)7-8-15(13)24-16/h7-8,10,14H,3-6,9H2,1-2H3. The topological polar surface area (TPSA) is 59.8 Å². The fourth-order valence-corrected chi connectivity index (χ4v) is 3.55. The van der Waals surface area contributed by atoms with Gasteiger partial charge in [-0.3, -0.25) is 4.79 Å². The summed E-state index contributed by atoms with van der Waals surface area (Å²) in [6.07, 6.45) is 2.43. The lowest BCUT2D eigenvalue weighted by Crippen LogP contribution is -2.48. The Hall–Kier alpha value is -1.82. The Morgan fingerprint density at radius 2 is 2.17 bits per heavy atom. The largest absolute Gasteiger partial charge is 0.464 e. The number of piperidine rings is 1. The molecule has 6 heteroatoms. The van der Waals surface area contributed by atoms with Crippen LogP contribution in [0.4, 0.5) is 0 Å². The molecule has 2 heterocycles. The van der Waals surface area contributed by atoms with Gasteiger partial charge in [-0.05, 0) is 51.3 Å². The van der Waals surface area contributed by atoms with Crippen LogP contribution in [0.5, 0.6) is 0 Å². The van der Waals surface area contributed by atoms with E-state index in [0.29, 0.717) is 30.9 Å². The van der Waals surface area contributed by atoms with E-state index in [-0.39, 0.29) is 11.9 Å². The average molecular weight is 394 g/mol. The SMILES string of the molecule is CCOC(=O)C1CCCCN1C(=O)c1oc2ccc(Br)cc2c1C. The maximum Gasteiger partial charge on any atom is 0.328 e. The summed E-state index contributed by atoms with van der Waals surface area (Å²) in [6.45, 7) is 4.50. The zero-order valence-corrected chi connectivity index (χ0v) is 15.4. The van der Waals surface area contributed by atoms with Crippen molar-refractivity contribution in [1.29, 1.82) is 0 Å². The molecule has 1 atom stereocenters. The minimum atomic E-state index is -0.523. The predicted molar refractivity (Wildman–Crippen MR) is 94.0 cm³/mol. The summed E-state index contributed by atoms with van der Waals surface area (Å²) in [7, 11) is 0. The van der Waals surface area contributed by atoms with Crippen molar-refractivity contribution in [2.24, 2.45) is 0 Å². The van der Waals surface area contributed by atoms with E-state index in [0.717, 1.165) is 28.3 Å². The minimum Gasteiger partial charge on any atom is -0.464 e. The minimum absolute atomic E-state index is 0.238. The van der Waals surface area contributed by atoms with E-state index in [9.17, 15) is 9.59 Å². The third kappa shape index (κ3) is 3.07. The normalized spacial score (nSPS) is 18.0. The van der Waals surface area contributed by atoms with Gasteiger partial charge in [-0.2, -0.15) is 0 Å². The highest BCUT2D eigenvalue weighted by atomic mass is 79.9. The maximum atomic E-state index is 13.0. The number of likely N-dealkylation sites (tertiary alicyclic amines) is 1. The van der Waals surface area contributed by atoms with E-state index in [4.69, 9.17) is 9.15 Å². The van der Waals surface area contributed by atoms with Gasteiger partial charge in [0.2, 0.25) is 0 Å². The molecule has 128 valence electrons. The van der Waals surface area contributed by atoms with Crippen molar-refractivity contribution in [3.63, 3.8) is 0 Å². The Morgan fingerprint density at radius 1 is 1.38 bits per heavy atom. The number of carbonyl (C=O) groups is 2. The van der Waals surface area contributed by atoms with Crippen LogP contribution in [0.2, 0.25) is 0 Å². The van der Waals surface area contributed by atoms with Crippen molar-refractivity contribution >= 4 is 38.8 Å². The molecule has 1 aliphatic rings. The van der Waals surface area contributed by atoms with Gasteiger partial charge < -0.3 is 14.1 Å². The molecule has 2 aromatic rings. The molecular weight excluding hydrogens is 374 g/mol. The van der Waals surface area contributed by atoms with Gasteiger partial charge in [0.15, 0.2) is 5.76 Å². The van der Waals surface area contributed by atoms with Crippen molar-refractivity contribution in [2.45, 2.75) is 39.2 Å². The molecule has 1 saturated heterocycles. The number of aryl methyl sites for hydroxylation is 1. The fourth-order valence-electron chi connectivity index (χ4n) is 3.19. The number of halogens is 1. The van der Waals surface area contributed by atoms with Crippen LogP contribution < -0.4 is 0 Å². The molecule has 0 N–H and O–H groups in total. The van der Waals surface area contributed by atoms with Gasteiger partial charge in [0.1, 0.15) is 11.6 Å². The second-order valence-electron chi connectivity index (χ2n) is 5.96. The Kier molecular flexibility index (Phi) is 4.94. The highest BCUT2D eigenvalue weighted by Gasteiger charge is 2.35. The molecule has 0 bridgehead atoms. The van der Waals surface area contributed by atoms with Gasteiger partial charge in [-0.25, -0.2) is 4.79 Å². The molecule has 5 nitrogen and oxygen atoms in total. The summed E-state index contributed by atoms with van der Waals surface area (Å²) in [6, 6.07) is 5.12. The number of ether oxygens (including phenoxy) is 1. The summed E-state index contributed by atoms with van der Waals surface area (Å²) in [5.41, 5.74) is 1.47. The predicted octanol–water partition coefficient (Wildman–Crippen LogP) is 4.06. The van der Waals surface area contributed by atoms with E-state index >= 15 is 0 Å². The number of nitrogens with zero attached hydrogens (tertiary/aromatic N) is 1. The van der Waals surface area contributed by atoms with Crippen LogP contribution in [0.15, 0.2) is 27.1 Å². The van der Waals surface area contributed by atoms with E-state index < -0.39 is 6.04 Å². The number of carbonyl (C=O) groups excluding carboxylic acids is 2. The Balaban J connectivity index is 1.94. The lowest BCUT2D eigenvalue weighted by molar-refractivity contribution is -0.149. The first-order chi connectivity index (χ1) is 11.5. The molecule has 0 spiro atoms. The van der Waals surface area contributed by atoms with Crippen LogP contribution in [0.1, 0.15) is 42.3 Å². The van der Waals surface area contributed by atoms with Gasteiger partial charge in [0, 0.05) is 22.0 Å². The zero-order chi connectivity index (χ0) is 17.3. The number of benzene rings is 1. The van der Waals surface area contributed by atoms with E-state index in [1.54, 1.807) is 11.8 Å². The first-order valence-electron chi connectivity index (χ1n) is 8.19. The summed E-state index contributed by atoms with van der Waals surface area (Å²) < 4.78 is 11.9. The van der Waals surface area contributed by atoms with Crippen molar-refractivity contribution in [3.8, 4) is 0 Å². The number of fused-ring (bicyclic) bond motifs is 1. The lowest BCUT2D eigenvalue weighted by atomic mass is 10.0. The molecule has 0 aliphatic carbocycles. The Bertz CT molecular complexity index is 783. The van der Waals surface area contributed by atoms with Crippen LogP contribution in [0.3, 0.4) is 0 Å². The van der Waals surface area contributed by atoms with Crippen LogP contribution in [0.25, 0.3) is 11.0 Å². The number of amides is 1. The number of hydrogen-bond acceptors (Lipinski definition) is 4. The summed E-state index contributed by atoms with van der Waals surface area (Å²) in [4.78, 5) is 26.8. The van der Waals surface area contributed by atoms with E-state index in [2.05, 4.69) is 15.9 Å². The smallest absolute Gasteiger partial charge is 0.328 e. The number of esters is 1. The number of hydrogen-bond donors (Lipinski definition) is 0. The molecule has 1 aromatic heterocycles. The molecular formula is C18H20BrNO4. The van der Waals surface area contributed by atoms with Crippen molar-refractivity contribution in [2.75, 3.05) is 13.2 Å². The Labute approximate surface area is 149 Å². The van der Waals surface area contributed by atoms with Crippen LogP contribution in [-0.2, 0) is 9.53 Å². The molecule has 24 heavy (non-hydrogen) atoms. The fraction of sp³-hybridized carbons (Fsp3) is 0.444. The second kappa shape index (κ2) is 6.97. The lowest BCUT2D eigenvalue weighted by Gasteiger charge is -2.33. The van der Waals surface area contributed by atoms with Gasteiger partial charge in [0.25, 0.3) is 5.91 Å². The van der Waals surface area contributed by atoms with Crippen molar-refractivity contribution in [1.82, 2.24) is 4.90 Å². The highest BCUT2D eigenvalue weighted by Crippen LogP contribution is 2.30. The van der Waals surface area contributed by atoms with Crippen LogP contribution in [0, 0.1) is 6.92 Å². The second-order valence-corrected chi connectivity index (χ2v) is 6.87. The van der Waals surface area contributed by atoms with Gasteiger partial charge in [-0.1, -0.05) is 15.9 Å². The molecule has 1 aliphatic heterocycles. The van der Waals surface area contributed by atoms with Gasteiger partial charge in [0.05, 0.1) is 6.61 Å². The summed E-state index contributed by atoms with van der Waals surface area (Å²) >= 11 is 3.44. The van der Waals surface area contributed by atoms with Gasteiger partial charge in [-0.15, -0.1) is 0 Å². The van der Waals surface area contributed by atoms with E-state index in [1.165, 1.54) is 0 Å². The van der Waals surface area contributed by atoms with Crippen molar-refractivity contribution in [3.05, 3.63) is 34.0 Å². The molecule has 1 amide bonds. The monoisotopic (exact) mass is 393 g/mol. The number of rotatable bonds is 3. The number of furan rings is 1. The van der Waals surface area contributed by atoms with Gasteiger partial charge >= 0.3 is 5.97 Å². The summed E-state index contributed by atoms with van der Waals surface area (Å²) in [5, 5.41) is 0.900. The highest BCUT2D eigenvalue weighted by molar-refractivity contribution is 9.10. The molecule has 0 saturated carbocycles. The molecule has 1 aromatic carbocycles. The van der Waals surface area contributed by atoms with Crippen molar-refractivity contribution < 1.29 is 18.7 Å². The quantitative estimate of drug-likeness (QED) is 0.737. The average Bonchev–Trinajstić information content (AvgIpc) is 2.91.